The zero-order valence-electron chi connectivity index (χ0n) is 13.0. The van der Waals surface area contributed by atoms with Gasteiger partial charge in [-0.15, -0.1) is 0 Å². The lowest BCUT2D eigenvalue weighted by Gasteiger charge is -2.13. The summed E-state index contributed by atoms with van der Waals surface area (Å²) in [7, 11) is -4.39. The Morgan fingerprint density at radius 3 is 2.30 bits per heavy atom. The van der Waals surface area contributed by atoms with E-state index >= 15 is 0 Å². The van der Waals surface area contributed by atoms with Gasteiger partial charge in [-0.05, 0) is 25.7 Å². The number of amides is 1. The SMILES string of the molecule is O=C(O)CCCCCCCNC(=O)C1=CCCC=C1S(=O)(=O)O. The second-order valence-electron chi connectivity index (χ2n) is 5.41. The van der Waals surface area contributed by atoms with E-state index in [0.717, 1.165) is 25.7 Å². The number of nitrogens with one attached hydrogen (secondary N) is 1. The fraction of sp³-hybridized carbons (Fsp3) is 0.600. The van der Waals surface area contributed by atoms with Crippen molar-refractivity contribution in [1.82, 2.24) is 5.32 Å². The first-order chi connectivity index (χ1) is 10.8. The van der Waals surface area contributed by atoms with Crippen LogP contribution in [0.1, 0.15) is 51.4 Å². The molecule has 0 bridgehead atoms. The minimum absolute atomic E-state index is 0.000193. The summed E-state index contributed by atoms with van der Waals surface area (Å²) >= 11 is 0. The van der Waals surface area contributed by atoms with Gasteiger partial charge in [0.15, 0.2) is 0 Å². The van der Waals surface area contributed by atoms with Crippen LogP contribution in [0.4, 0.5) is 0 Å². The quantitative estimate of drug-likeness (QED) is 0.411. The Hall–Kier alpha value is -1.67. The first kappa shape index (κ1) is 19.4. The second kappa shape index (κ2) is 9.46. The standard InChI is InChI=1S/C15H23NO6S/c17-14(18)10-4-2-1-3-7-11-16-15(19)12-8-5-6-9-13(12)23(20,21)22/h8-9H,1-7,10-11H2,(H,16,19)(H,17,18)(H,20,21,22). The lowest BCUT2D eigenvalue weighted by molar-refractivity contribution is -0.137. The van der Waals surface area contributed by atoms with Gasteiger partial charge in [-0.3, -0.25) is 14.1 Å². The molecule has 1 aliphatic carbocycles. The summed E-state index contributed by atoms with van der Waals surface area (Å²) in [6.45, 7) is 0.411. The van der Waals surface area contributed by atoms with Crippen molar-refractivity contribution in [3.63, 3.8) is 0 Å². The molecule has 0 unspecified atom stereocenters. The molecule has 0 saturated carbocycles. The Morgan fingerprint density at radius 1 is 1.04 bits per heavy atom. The van der Waals surface area contributed by atoms with Crippen molar-refractivity contribution in [2.45, 2.75) is 51.4 Å². The van der Waals surface area contributed by atoms with Crippen LogP contribution in [-0.4, -0.2) is 36.5 Å². The van der Waals surface area contributed by atoms with E-state index in [1.165, 1.54) is 12.2 Å². The third kappa shape index (κ3) is 7.43. The molecule has 0 radical (unpaired) electrons. The molecule has 0 spiro atoms. The number of hydrogen-bond acceptors (Lipinski definition) is 4. The summed E-state index contributed by atoms with van der Waals surface area (Å²) in [6, 6.07) is 0. The van der Waals surface area contributed by atoms with Crippen molar-refractivity contribution >= 4 is 22.0 Å². The van der Waals surface area contributed by atoms with Gasteiger partial charge in [-0.25, -0.2) is 0 Å². The van der Waals surface area contributed by atoms with Crippen LogP contribution in [0.15, 0.2) is 22.6 Å². The molecular formula is C15H23NO6S. The molecule has 1 rings (SSSR count). The number of unbranched alkanes of at least 4 members (excludes halogenated alkanes) is 4. The van der Waals surface area contributed by atoms with E-state index in [2.05, 4.69) is 5.32 Å². The van der Waals surface area contributed by atoms with E-state index < -0.39 is 22.0 Å². The lowest BCUT2D eigenvalue weighted by Crippen LogP contribution is -2.28. The minimum Gasteiger partial charge on any atom is -0.481 e. The molecular weight excluding hydrogens is 322 g/mol. The van der Waals surface area contributed by atoms with Gasteiger partial charge in [0.1, 0.15) is 4.91 Å². The highest BCUT2D eigenvalue weighted by Gasteiger charge is 2.25. The van der Waals surface area contributed by atoms with Gasteiger partial charge in [-0.1, -0.05) is 31.4 Å². The average molecular weight is 345 g/mol. The van der Waals surface area contributed by atoms with Crippen LogP contribution in [0.5, 0.6) is 0 Å². The third-order valence-corrected chi connectivity index (χ3v) is 4.43. The number of carbonyl (C=O) groups is 2. The summed E-state index contributed by atoms with van der Waals surface area (Å²) in [6.07, 6.45) is 8.05. The molecule has 23 heavy (non-hydrogen) atoms. The van der Waals surface area contributed by atoms with E-state index in [-0.39, 0.29) is 16.9 Å². The molecule has 1 amide bonds. The third-order valence-electron chi connectivity index (χ3n) is 3.49. The summed E-state index contributed by atoms with van der Waals surface area (Å²) in [5.74, 6) is -1.29. The lowest BCUT2D eigenvalue weighted by atomic mass is 10.1. The van der Waals surface area contributed by atoms with Gasteiger partial charge in [0.2, 0.25) is 0 Å². The second-order valence-corrected chi connectivity index (χ2v) is 6.80. The minimum atomic E-state index is -4.39. The molecule has 7 nitrogen and oxygen atoms in total. The molecule has 130 valence electrons. The van der Waals surface area contributed by atoms with Gasteiger partial charge in [-0.2, -0.15) is 8.42 Å². The van der Waals surface area contributed by atoms with E-state index in [1.807, 2.05) is 0 Å². The normalized spacial score (nSPS) is 14.8. The van der Waals surface area contributed by atoms with E-state index in [0.29, 0.717) is 25.8 Å². The number of carboxylic acid groups (broad SMARTS) is 1. The zero-order chi connectivity index (χ0) is 17.3. The van der Waals surface area contributed by atoms with E-state index in [1.54, 1.807) is 0 Å². The smallest absolute Gasteiger partial charge is 0.303 e. The highest BCUT2D eigenvalue weighted by molar-refractivity contribution is 7.90. The van der Waals surface area contributed by atoms with Gasteiger partial charge in [0, 0.05) is 13.0 Å². The Bertz CT molecular complexity index is 591. The average Bonchev–Trinajstić information content (AvgIpc) is 2.48. The number of carbonyl (C=O) groups excluding carboxylic acids is 1. The summed E-state index contributed by atoms with van der Waals surface area (Å²) in [5, 5.41) is 11.1. The molecule has 0 heterocycles. The first-order valence-electron chi connectivity index (χ1n) is 7.70. The van der Waals surface area contributed by atoms with Crippen LogP contribution in [0.25, 0.3) is 0 Å². The number of allylic oxidation sites excluding steroid dienone is 2. The molecule has 1 aliphatic rings. The maximum absolute atomic E-state index is 12.0. The van der Waals surface area contributed by atoms with Gasteiger partial charge >= 0.3 is 5.97 Å². The molecule has 0 aromatic carbocycles. The number of hydrogen-bond donors (Lipinski definition) is 3. The van der Waals surface area contributed by atoms with Crippen molar-refractivity contribution in [3.8, 4) is 0 Å². The Morgan fingerprint density at radius 2 is 1.65 bits per heavy atom. The summed E-state index contributed by atoms with van der Waals surface area (Å²) in [5.41, 5.74) is 0.000193. The fourth-order valence-electron chi connectivity index (χ4n) is 2.33. The van der Waals surface area contributed by atoms with Crippen molar-refractivity contribution in [2.75, 3.05) is 6.54 Å². The Balaban J connectivity index is 2.28. The van der Waals surface area contributed by atoms with E-state index in [9.17, 15) is 18.0 Å². The topological polar surface area (TPSA) is 121 Å². The highest BCUT2D eigenvalue weighted by atomic mass is 32.2. The predicted molar refractivity (Wildman–Crippen MR) is 85.3 cm³/mol. The van der Waals surface area contributed by atoms with Crippen LogP contribution >= 0.6 is 0 Å². The van der Waals surface area contributed by atoms with Crippen LogP contribution in [0.3, 0.4) is 0 Å². The molecule has 3 N–H and O–H groups in total. The molecule has 8 heteroatoms. The predicted octanol–water partition coefficient (Wildman–Crippen LogP) is 2.02. The maximum Gasteiger partial charge on any atom is 0.303 e. The largest absolute Gasteiger partial charge is 0.481 e. The monoisotopic (exact) mass is 345 g/mol. The molecule has 0 fully saturated rings. The highest BCUT2D eigenvalue weighted by Crippen LogP contribution is 2.23. The molecule has 0 aromatic rings. The van der Waals surface area contributed by atoms with Gasteiger partial charge < -0.3 is 10.4 Å². The number of rotatable bonds is 10. The van der Waals surface area contributed by atoms with Crippen LogP contribution < -0.4 is 5.32 Å². The molecule has 0 saturated heterocycles. The van der Waals surface area contributed by atoms with Crippen molar-refractivity contribution < 1.29 is 27.7 Å². The van der Waals surface area contributed by atoms with Crippen LogP contribution in [0.2, 0.25) is 0 Å². The molecule has 0 atom stereocenters. The van der Waals surface area contributed by atoms with Gasteiger partial charge in [0.25, 0.3) is 16.0 Å². The first-order valence-corrected chi connectivity index (χ1v) is 9.14. The molecule has 0 aliphatic heterocycles. The maximum atomic E-state index is 12.0. The van der Waals surface area contributed by atoms with E-state index in [4.69, 9.17) is 9.66 Å². The molecule has 0 aromatic heterocycles. The number of aliphatic carboxylic acids is 1. The Kier molecular flexibility index (Phi) is 7.97. The zero-order valence-corrected chi connectivity index (χ0v) is 13.8. The Labute approximate surface area is 136 Å². The van der Waals surface area contributed by atoms with Gasteiger partial charge in [0.05, 0.1) is 5.57 Å². The number of carboxylic acids is 1. The summed E-state index contributed by atoms with van der Waals surface area (Å²) < 4.78 is 31.6. The fourth-order valence-corrected chi connectivity index (χ4v) is 3.11. The van der Waals surface area contributed by atoms with Crippen LogP contribution in [0, 0.1) is 0 Å². The van der Waals surface area contributed by atoms with Crippen molar-refractivity contribution in [1.29, 1.82) is 0 Å². The van der Waals surface area contributed by atoms with Crippen LogP contribution in [-0.2, 0) is 19.7 Å². The summed E-state index contributed by atoms with van der Waals surface area (Å²) in [4.78, 5) is 22.0. The van der Waals surface area contributed by atoms with Crippen molar-refractivity contribution in [2.24, 2.45) is 0 Å². The van der Waals surface area contributed by atoms with Crippen molar-refractivity contribution in [3.05, 3.63) is 22.6 Å².